The fourth-order valence-corrected chi connectivity index (χ4v) is 4.84. The number of aryl methyl sites for hydroxylation is 1. The first kappa shape index (κ1) is 19.8. The molecule has 1 fully saturated rings. The summed E-state index contributed by atoms with van der Waals surface area (Å²) in [6, 6.07) is 4.25. The summed E-state index contributed by atoms with van der Waals surface area (Å²) < 4.78 is 19.7. The number of thioether (sulfide) groups is 1. The number of rotatable bonds is 6. The minimum absolute atomic E-state index is 0.00580. The monoisotopic (exact) mass is 408 g/mol. The number of amides is 1. The van der Waals surface area contributed by atoms with Gasteiger partial charge in [-0.15, -0.1) is 11.3 Å². The Bertz CT molecular complexity index is 840. The van der Waals surface area contributed by atoms with E-state index in [4.69, 9.17) is 4.74 Å². The van der Waals surface area contributed by atoms with Gasteiger partial charge in [-0.05, 0) is 38.0 Å². The van der Waals surface area contributed by atoms with E-state index in [1.807, 2.05) is 12.3 Å². The summed E-state index contributed by atoms with van der Waals surface area (Å²) in [5.41, 5.74) is 1.27. The molecule has 0 N–H and O–H groups in total. The van der Waals surface area contributed by atoms with Crippen molar-refractivity contribution in [2.24, 2.45) is 5.92 Å². The number of carbonyl (C=O) groups excluding carboxylic acids is 2. The molecular formula is C19H21FN2O3S2. The Morgan fingerprint density at radius 3 is 2.93 bits per heavy atom. The topological polar surface area (TPSA) is 59.5 Å². The number of carbonyl (C=O) groups is 2. The summed E-state index contributed by atoms with van der Waals surface area (Å²) in [6.45, 7) is 2.95. The van der Waals surface area contributed by atoms with Gasteiger partial charge in [0.2, 0.25) is 5.91 Å². The minimum atomic E-state index is -0.553. The highest BCUT2D eigenvalue weighted by Gasteiger charge is 2.29. The maximum atomic E-state index is 13.9. The normalized spacial score (nSPS) is 17.0. The molecule has 144 valence electrons. The highest BCUT2D eigenvalue weighted by Crippen LogP contribution is 2.26. The standard InChI is InChI=1S/C19H21FN2O3S2/c1-12-10-26-19(21-12)27-11-17(23)22-7-3-4-14(9-22)18(24)13-5-6-16(25-2)15(20)8-13/h5-6,8,10,14H,3-4,7,9,11H2,1-2H3/t14-/m1/s1. The number of benzene rings is 1. The van der Waals surface area contributed by atoms with Crippen molar-refractivity contribution in [2.75, 3.05) is 26.0 Å². The highest BCUT2D eigenvalue weighted by atomic mass is 32.2. The predicted octanol–water partition coefficient (Wildman–Crippen LogP) is 3.81. The Morgan fingerprint density at radius 2 is 2.26 bits per heavy atom. The molecule has 1 saturated heterocycles. The molecule has 1 aromatic carbocycles. The number of aromatic nitrogens is 1. The SMILES string of the molecule is COc1ccc(C(=O)[C@@H]2CCCN(C(=O)CSc3nc(C)cs3)C2)cc1F. The zero-order chi connectivity index (χ0) is 19.4. The van der Waals surface area contributed by atoms with Gasteiger partial charge < -0.3 is 9.64 Å². The summed E-state index contributed by atoms with van der Waals surface area (Å²) >= 11 is 2.95. The molecule has 2 aromatic rings. The largest absolute Gasteiger partial charge is 0.494 e. The Morgan fingerprint density at radius 1 is 1.44 bits per heavy atom. The van der Waals surface area contributed by atoms with Crippen molar-refractivity contribution in [3.05, 3.63) is 40.7 Å². The number of methoxy groups -OCH3 is 1. The lowest BCUT2D eigenvalue weighted by atomic mass is 9.90. The van der Waals surface area contributed by atoms with Crippen molar-refractivity contribution in [2.45, 2.75) is 24.1 Å². The van der Waals surface area contributed by atoms with E-state index < -0.39 is 5.82 Å². The second-order valence-corrected chi connectivity index (χ2v) is 8.52. The minimum Gasteiger partial charge on any atom is -0.494 e. The van der Waals surface area contributed by atoms with Crippen LogP contribution in [-0.2, 0) is 4.79 Å². The van der Waals surface area contributed by atoms with Gasteiger partial charge in [0, 0.05) is 35.6 Å². The van der Waals surface area contributed by atoms with E-state index in [2.05, 4.69) is 4.98 Å². The molecule has 27 heavy (non-hydrogen) atoms. The molecule has 1 aliphatic rings. The van der Waals surface area contributed by atoms with Crippen molar-refractivity contribution in [1.82, 2.24) is 9.88 Å². The van der Waals surface area contributed by atoms with E-state index in [0.29, 0.717) is 30.8 Å². The second kappa shape index (κ2) is 8.84. The van der Waals surface area contributed by atoms with Crippen molar-refractivity contribution in [3.8, 4) is 5.75 Å². The fourth-order valence-electron chi connectivity index (χ4n) is 3.09. The van der Waals surface area contributed by atoms with Gasteiger partial charge >= 0.3 is 0 Å². The molecule has 1 aromatic heterocycles. The third kappa shape index (κ3) is 4.87. The Balaban J connectivity index is 1.60. The zero-order valence-corrected chi connectivity index (χ0v) is 16.9. The lowest BCUT2D eigenvalue weighted by molar-refractivity contribution is -0.129. The molecule has 1 aliphatic heterocycles. The molecule has 0 unspecified atom stereocenters. The number of thiazole rings is 1. The molecule has 5 nitrogen and oxygen atoms in total. The molecule has 0 radical (unpaired) electrons. The molecular weight excluding hydrogens is 387 g/mol. The molecule has 2 heterocycles. The summed E-state index contributed by atoms with van der Waals surface area (Å²) in [4.78, 5) is 31.3. The third-order valence-corrected chi connectivity index (χ3v) is 6.62. The number of hydrogen-bond donors (Lipinski definition) is 0. The number of likely N-dealkylation sites (tertiary alicyclic amines) is 1. The van der Waals surface area contributed by atoms with Crippen LogP contribution in [0, 0.1) is 18.7 Å². The lowest BCUT2D eigenvalue weighted by Gasteiger charge is -2.32. The summed E-state index contributed by atoms with van der Waals surface area (Å²) in [7, 11) is 1.38. The van der Waals surface area contributed by atoms with Gasteiger partial charge in [-0.2, -0.15) is 0 Å². The van der Waals surface area contributed by atoms with Crippen LogP contribution in [0.5, 0.6) is 5.75 Å². The first-order valence-electron chi connectivity index (χ1n) is 8.68. The molecule has 0 saturated carbocycles. The van der Waals surface area contributed by atoms with Crippen LogP contribution < -0.4 is 4.74 Å². The zero-order valence-electron chi connectivity index (χ0n) is 15.2. The van der Waals surface area contributed by atoms with Crippen LogP contribution in [-0.4, -0.2) is 47.5 Å². The lowest BCUT2D eigenvalue weighted by Crippen LogP contribution is -2.43. The van der Waals surface area contributed by atoms with Gasteiger partial charge in [0.1, 0.15) is 0 Å². The molecule has 1 amide bonds. The van der Waals surface area contributed by atoms with Gasteiger partial charge in [0.15, 0.2) is 21.7 Å². The molecule has 3 rings (SSSR count). The first-order chi connectivity index (χ1) is 13.0. The van der Waals surface area contributed by atoms with Crippen molar-refractivity contribution < 1.29 is 18.7 Å². The summed E-state index contributed by atoms with van der Waals surface area (Å²) in [5, 5.41) is 1.95. The summed E-state index contributed by atoms with van der Waals surface area (Å²) in [5.74, 6) is -0.555. The van der Waals surface area contributed by atoms with Gasteiger partial charge in [-0.3, -0.25) is 9.59 Å². The average Bonchev–Trinajstić information content (AvgIpc) is 3.10. The van der Waals surface area contributed by atoms with E-state index in [1.54, 1.807) is 11.0 Å². The number of piperidine rings is 1. The predicted molar refractivity (Wildman–Crippen MR) is 104 cm³/mol. The van der Waals surface area contributed by atoms with E-state index >= 15 is 0 Å². The molecule has 8 heteroatoms. The number of nitrogens with zero attached hydrogens (tertiary/aromatic N) is 2. The smallest absolute Gasteiger partial charge is 0.233 e. The van der Waals surface area contributed by atoms with E-state index in [9.17, 15) is 14.0 Å². The van der Waals surface area contributed by atoms with Crippen LogP contribution in [0.25, 0.3) is 0 Å². The number of ketones is 1. The fraction of sp³-hybridized carbons (Fsp3) is 0.421. The van der Waals surface area contributed by atoms with Crippen molar-refractivity contribution >= 4 is 34.8 Å². The van der Waals surface area contributed by atoms with Crippen LogP contribution in [0.4, 0.5) is 4.39 Å². The Hall–Kier alpha value is -1.93. The third-order valence-electron chi connectivity index (χ3n) is 4.50. The maximum Gasteiger partial charge on any atom is 0.233 e. The Kier molecular flexibility index (Phi) is 6.49. The number of ether oxygens (including phenoxy) is 1. The van der Waals surface area contributed by atoms with Crippen LogP contribution >= 0.6 is 23.1 Å². The van der Waals surface area contributed by atoms with E-state index in [0.717, 1.165) is 16.5 Å². The average molecular weight is 409 g/mol. The van der Waals surface area contributed by atoms with Crippen LogP contribution in [0.1, 0.15) is 28.9 Å². The van der Waals surface area contributed by atoms with E-state index in [-0.39, 0.29) is 23.4 Å². The van der Waals surface area contributed by atoms with Crippen LogP contribution in [0.2, 0.25) is 0 Å². The number of halogens is 1. The number of Topliss-reactive ketones (excluding diaryl/α,β-unsaturated/α-hetero) is 1. The van der Waals surface area contributed by atoms with Crippen molar-refractivity contribution in [3.63, 3.8) is 0 Å². The maximum absolute atomic E-state index is 13.9. The molecule has 0 spiro atoms. The quantitative estimate of drug-likeness (QED) is 0.537. The Labute approximate surface area is 165 Å². The van der Waals surface area contributed by atoms with Gasteiger partial charge in [0.05, 0.1) is 12.9 Å². The molecule has 0 aliphatic carbocycles. The van der Waals surface area contributed by atoms with Gasteiger partial charge in [0.25, 0.3) is 0 Å². The van der Waals surface area contributed by atoms with Crippen molar-refractivity contribution in [1.29, 1.82) is 0 Å². The first-order valence-corrected chi connectivity index (χ1v) is 10.5. The van der Waals surface area contributed by atoms with Crippen LogP contribution in [0.3, 0.4) is 0 Å². The summed E-state index contributed by atoms with van der Waals surface area (Å²) in [6.07, 6.45) is 1.47. The number of hydrogen-bond acceptors (Lipinski definition) is 6. The van der Waals surface area contributed by atoms with Gasteiger partial charge in [-0.1, -0.05) is 11.8 Å². The molecule has 0 bridgehead atoms. The van der Waals surface area contributed by atoms with Gasteiger partial charge in [-0.25, -0.2) is 9.37 Å². The second-order valence-electron chi connectivity index (χ2n) is 6.44. The molecule has 1 atom stereocenters. The van der Waals surface area contributed by atoms with Crippen LogP contribution in [0.15, 0.2) is 27.9 Å². The highest BCUT2D eigenvalue weighted by molar-refractivity contribution is 8.01. The van der Waals surface area contributed by atoms with E-state index in [1.165, 1.54) is 42.3 Å².